The number of aryl methyl sites for hydroxylation is 1. The highest BCUT2D eigenvalue weighted by molar-refractivity contribution is 7.92. The molecule has 0 bridgehead atoms. The molecule has 0 aliphatic heterocycles. The van der Waals surface area contributed by atoms with Gasteiger partial charge in [0.25, 0.3) is 10.0 Å². The Balaban J connectivity index is 1.60. The summed E-state index contributed by atoms with van der Waals surface area (Å²) in [6.07, 6.45) is 3.96. The van der Waals surface area contributed by atoms with E-state index < -0.39 is 28.5 Å². The van der Waals surface area contributed by atoms with Crippen LogP contribution in [-0.4, -0.2) is 43.8 Å². The Hall–Kier alpha value is -3.56. The third-order valence-corrected chi connectivity index (χ3v) is 11.3. The van der Waals surface area contributed by atoms with Crippen molar-refractivity contribution in [2.24, 2.45) is 0 Å². The van der Waals surface area contributed by atoms with E-state index in [4.69, 9.17) is 34.8 Å². The van der Waals surface area contributed by atoms with Crippen LogP contribution in [0.5, 0.6) is 0 Å². The number of nitrogens with zero attached hydrogens (tertiary/aromatic N) is 2. The van der Waals surface area contributed by atoms with Gasteiger partial charge in [0.15, 0.2) is 0 Å². The van der Waals surface area contributed by atoms with Crippen molar-refractivity contribution in [3.8, 4) is 0 Å². The van der Waals surface area contributed by atoms with E-state index >= 15 is 0 Å². The summed E-state index contributed by atoms with van der Waals surface area (Å²) < 4.78 is 29.5. The standard InChI is InChI=1S/C36H36Cl3N3O4S/c1-25-18-20-29(21-19-25)47(45,46)42(32-17-9-16-31(38)35(32)39)24-34(43)41(23-27-12-5-8-15-30(27)37)33(22-26-10-3-2-4-11-26)36(44)40-28-13-6-7-14-28/h2-5,8-12,15-21,28,33H,6-7,13-14,22-24H2,1H3,(H,40,44)/t33-/m0/s1. The summed E-state index contributed by atoms with van der Waals surface area (Å²) in [4.78, 5) is 30.2. The number of hydrogen-bond acceptors (Lipinski definition) is 4. The van der Waals surface area contributed by atoms with Crippen molar-refractivity contribution in [2.75, 3.05) is 10.8 Å². The van der Waals surface area contributed by atoms with Crippen LogP contribution in [0.3, 0.4) is 0 Å². The fourth-order valence-corrected chi connectivity index (χ4v) is 7.84. The molecule has 1 aliphatic rings. The van der Waals surface area contributed by atoms with Crippen LogP contribution in [0.25, 0.3) is 0 Å². The third-order valence-electron chi connectivity index (χ3n) is 8.36. The topological polar surface area (TPSA) is 86.8 Å². The second kappa shape index (κ2) is 15.6. The van der Waals surface area contributed by atoms with Crippen LogP contribution >= 0.6 is 34.8 Å². The summed E-state index contributed by atoms with van der Waals surface area (Å²) in [5.41, 5.74) is 2.37. The highest BCUT2D eigenvalue weighted by Crippen LogP contribution is 2.36. The second-order valence-electron chi connectivity index (χ2n) is 11.7. The Labute approximate surface area is 291 Å². The molecule has 0 aromatic heterocycles. The van der Waals surface area contributed by atoms with Gasteiger partial charge in [-0.3, -0.25) is 13.9 Å². The Bertz CT molecular complexity index is 1820. The lowest BCUT2D eigenvalue weighted by atomic mass is 10.0. The number of halogens is 3. The summed E-state index contributed by atoms with van der Waals surface area (Å²) >= 11 is 19.5. The van der Waals surface area contributed by atoms with Crippen molar-refractivity contribution in [3.63, 3.8) is 0 Å². The van der Waals surface area contributed by atoms with Crippen LogP contribution in [0.15, 0.2) is 102 Å². The van der Waals surface area contributed by atoms with E-state index in [-0.39, 0.29) is 45.5 Å². The van der Waals surface area contributed by atoms with Gasteiger partial charge in [-0.25, -0.2) is 8.42 Å². The highest BCUT2D eigenvalue weighted by Gasteiger charge is 2.36. The Morgan fingerprint density at radius 3 is 2.15 bits per heavy atom. The van der Waals surface area contributed by atoms with E-state index in [0.29, 0.717) is 10.6 Å². The van der Waals surface area contributed by atoms with Gasteiger partial charge in [0.05, 0.1) is 20.6 Å². The first-order chi connectivity index (χ1) is 22.5. The summed E-state index contributed by atoms with van der Waals surface area (Å²) in [6, 6.07) is 26.5. The fraction of sp³-hybridized carbons (Fsp3) is 0.278. The molecule has 1 fully saturated rings. The quantitative estimate of drug-likeness (QED) is 0.162. The summed E-state index contributed by atoms with van der Waals surface area (Å²) in [5.74, 6) is -0.922. The molecule has 0 saturated heterocycles. The van der Waals surface area contributed by atoms with Gasteiger partial charge in [-0.2, -0.15) is 0 Å². The number of sulfonamides is 1. The molecule has 0 radical (unpaired) electrons. The molecule has 1 aliphatic carbocycles. The van der Waals surface area contributed by atoms with Crippen molar-refractivity contribution in [2.45, 2.75) is 62.6 Å². The minimum Gasteiger partial charge on any atom is -0.352 e. The van der Waals surface area contributed by atoms with Crippen LogP contribution in [0.1, 0.15) is 42.4 Å². The van der Waals surface area contributed by atoms with Gasteiger partial charge in [0.2, 0.25) is 11.8 Å². The lowest BCUT2D eigenvalue weighted by molar-refractivity contribution is -0.140. The Kier molecular flexibility index (Phi) is 11.5. The number of benzene rings is 4. The zero-order valence-corrected chi connectivity index (χ0v) is 29.0. The predicted octanol–water partition coefficient (Wildman–Crippen LogP) is 7.85. The first kappa shape index (κ1) is 34.8. The molecule has 1 atom stereocenters. The maximum atomic E-state index is 14.7. The van der Waals surface area contributed by atoms with Gasteiger partial charge in [-0.05, 0) is 61.2 Å². The molecule has 1 N–H and O–H groups in total. The monoisotopic (exact) mass is 711 g/mol. The van der Waals surface area contributed by atoms with Gasteiger partial charge < -0.3 is 10.2 Å². The fourth-order valence-electron chi connectivity index (χ4n) is 5.77. The van der Waals surface area contributed by atoms with Crippen molar-refractivity contribution in [3.05, 3.63) is 129 Å². The zero-order chi connectivity index (χ0) is 33.6. The molecule has 5 rings (SSSR count). The summed E-state index contributed by atoms with van der Waals surface area (Å²) in [5, 5.41) is 3.69. The first-order valence-electron chi connectivity index (χ1n) is 15.4. The van der Waals surface area contributed by atoms with Crippen LogP contribution in [0.4, 0.5) is 5.69 Å². The SMILES string of the molecule is Cc1ccc(S(=O)(=O)N(CC(=O)N(Cc2ccccc2Cl)[C@@H](Cc2ccccc2)C(=O)NC2CCCC2)c2cccc(Cl)c2Cl)cc1. The molecule has 4 aromatic rings. The van der Waals surface area contributed by atoms with E-state index in [9.17, 15) is 18.0 Å². The molecule has 246 valence electrons. The van der Waals surface area contributed by atoms with Crippen LogP contribution in [0.2, 0.25) is 15.1 Å². The van der Waals surface area contributed by atoms with Crippen molar-refractivity contribution >= 4 is 62.3 Å². The third kappa shape index (κ3) is 8.49. The molecule has 0 spiro atoms. The minimum atomic E-state index is -4.33. The first-order valence-corrected chi connectivity index (χ1v) is 18.0. The van der Waals surface area contributed by atoms with Crippen molar-refractivity contribution in [1.82, 2.24) is 10.2 Å². The van der Waals surface area contributed by atoms with Gasteiger partial charge in [-0.15, -0.1) is 0 Å². The van der Waals surface area contributed by atoms with Gasteiger partial charge >= 0.3 is 0 Å². The molecule has 47 heavy (non-hydrogen) atoms. The van der Waals surface area contributed by atoms with E-state index in [2.05, 4.69) is 5.32 Å². The van der Waals surface area contributed by atoms with Crippen LogP contribution in [-0.2, 0) is 32.6 Å². The number of rotatable bonds is 12. The van der Waals surface area contributed by atoms with E-state index in [1.165, 1.54) is 23.1 Å². The second-order valence-corrected chi connectivity index (χ2v) is 14.8. The molecule has 4 aromatic carbocycles. The molecule has 11 heteroatoms. The number of anilines is 1. The van der Waals surface area contributed by atoms with Crippen LogP contribution < -0.4 is 9.62 Å². The maximum Gasteiger partial charge on any atom is 0.264 e. The predicted molar refractivity (Wildman–Crippen MR) is 189 cm³/mol. The smallest absolute Gasteiger partial charge is 0.264 e. The number of carbonyl (C=O) groups is 2. The molecule has 7 nitrogen and oxygen atoms in total. The minimum absolute atomic E-state index is 0.00159. The van der Waals surface area contributed by atoms with Crippen LogP contribution in [0, 0.1) is 6.92 Å². The number of hydrogen-bond donors (Lipinski definition) is 1. The summed E-state index contributed by atoms with van der Waals surface area (Å²) in [7, 11) is -4.33. The van der Waals surface area contributed by atoms with Gasteiger partial charge in [0, 0.05) is 24.0 Å². The number of carbonyl (C=O) groups excluding carboxylic acids is 2. The van der Waals surface area contributed by atoms with E-state index in [1.54, 1.807) is 48.5 Å². The Morgan fingerprint density at radius 1 is 0.830 bits per heavy atom. The average Bonchev–Trinajstić information content (AvgIpc) is 3.57. The van der Waals surface area contributed by atoms with Crippen molar-refractivity contribution in [1.29, 1.82) is 0 Å². The lowest BCUT2D eigenvalue weighted by Gasteiger charge is -2.34. The van der Waals surface area contributed by atoms with E-state index in [1.807, 2.05) is 37.3 Å². The number of nitrogens with one attached hydrogen (secondary N) is 1. The average molecular weight is 713 g/mol. The summed E-state index contributed by atoms with van der Waals surface area (Å²) in [6.45, 7) is 1.17. The normalized spacial score (nSPS) is 14.0. The molecule has 0 unspecified atom stereocenters. The maximum absolute atomic E-state index is 14.7. The Morgan fingerprint density at radius 2 is 1.47 bits per heavy atom. The van der Waals surface area contributed by atoms with Crippen molar-refractivity contribution < 1.29 is 18.0 Å². The van der Waals surface area contributed by atoms with Gasteiger partial charge in [-0.1, -0.05) is 120 Å². The number of amides is 2. The van der Waals surface area contributed by atoms with Gasteiger partial charge in [0.1, 0.15) is 12.6 Å². The highest BCUT2D eigenvalue weighted by atomic mass is 35.5. The molecule has 0 heterocycles. The lowest BCUT2D eigenvalue weighted by Crippen LogP contribution is -2.54. The molecular weight excluding hydrogens is 677 g/mol. The molecule has 1 saturated carbocycles. The molecular formula is C36H36Cl3N3O4S. The van der Waals surface area contributed by atoms with E-state index in [0.717, 1.165) is 41.1 Å². The largest absolute Gasteiger partial charge is 0.352 e. The zero-order valence-electron chi connectivity index (χ0n) is 25.9. The molecule has 2 amide bonds.